The molecule has 1 aromatic heterocycles. The maximum absolute atomic E-state index is 2.57. The van der Waals surface area contributed by atoms with Crippen molar-refractivity contribution in [2.24, 2.45) is 0 Å². The summed E-state index contributed by atoms with van der Waals surface area (Å²) in [7, 11) is 0. The van der Waals surface area contributed by atoms with Gasteiger partial charge in [0.2, 0.25) is 0 Å². The van der Waals surface area contributed by atoms with E-state index in [-0.39, 0.29) is 0 Å². The van der Waals surface area contributed by atoms with Crippen LogP contribution in [0.2, 0.25) is 0 Å². The molecule has 0 radical (unpaired) electrons. The summed E-state index contributed by atoms with van der Waals surface area (Å²) < 4.78 is 2.41. The summed E-state index contributed by atoms with van der Waals surface area (Å²) in [5.74, 6) is 0.331. The molecule has 1 unspecified atom stereocenters. The van der Waals surface area contributed by atoms with Gasteiger partial charge < -0.3 is 4.57 Å². The van der Waals surface area contributed by atoms with Crippen LogP contribution in [0.25, 0.3) is 105 Å². The summed E-state index contributed by atoms with van der Waals surface area (Å²) in [5, 5.41) is 7.55. The SMILES string of the molecule is c1ccc(C2Cc3ccc(-c4ccc5c(-c6ccc7c(c6)c6ccccc6n7-c6ccccc6)cc6cc7c(cc6c5c4)-c4ccccc4C74c5ccccc5-c5ccccc54)cc3-c3ccccc32)cc1. The summed E-state index contributed by atoms with van der Waals surface area (Å²) in [4.78, 5) is 0. The average Bonchev–Trinajstić information content (AvgIpc) is 4.06. The molecule has 0 bridgehead atoms. The van der Waals surface area contributed by atoms with Gasteiger partial charge in [0.15, 0.2) is 0 Å². The Kier molecular flexibility index (Phi) is 8.28. The van der Waals surface area contributed by atoms with E-state index in [0.717, 1.165) is 6.42 Å². The fourth-order valence-electron chi connectivity index (χ4n) is 13.7. The predicted molar refractivity (Wildman–Crippen MR) is 300 cm³/mol. The minimum atomic E-state index is -0.429. The molecule has 1 spiro atoms. The Hall–Kier alpha value is -9.04. The number of hydrogen-bond donors (Lipinski definition) is 0. The first kappa shape index (κ1) is 39.8. The Balaban J connectivity index is 0.951. The number of aromatic nitrogens is 1. The lowest BCUT2D eigenvalue weighted by Crippen LogP contribution is -2.25. The molecule has 0 aliphatic heterocycles. The van der Waals surface area contributed by atoms with E-state index < -0.39 is 5.41 Å². The van der Waals surface area contributed by atoms with Crippen molar-refractivity contribution in [1.29, 1.82) is 0 Å². The third kappa shape index (κ3) is 5.43. The molecule has 12 aromatic carbocycles. The molecule has 1 atom stereocenters. The van der Waals surface area contributed by atoms with Gasteiger partial charge in [-0.05, 0) is 183 Å². The van der Waals surface area contributed by atoms with Crippen LogP contribution in [0.1, 0.15) is 44.9 Å². The molecule has 3 aliphatic carbocycles. The smallest absolute Gasteiger partial charge is 0.0725 e. The number of nitrogens with zero attached hydrogens (tertiary/aromatic N) is 1. The van der Waals surface area contributed by atoms with Crippen molar-refractivity contribution in [3.8, 4) is 61.3 Å². The molecule has 0 saturated carbocycles. The molecule has 72 heavy (non-hydrogen) atoms. The molecule has 0 fully saturated rings. The van der Waals surface area contributed by atoms with Crippen molar-refractivity contribution >= 4 is 43.4 Å². The predicted octanol–water partition coefficient (Wildman–Crippen LogP) is 18.1. The molecule has 1 heterocycles. The van der Waals surface area contributed by atoms with Crippen molar-refractivity contribution in [1.82, 2.24) is 4.57 Å². The molecular weight excluding hydrogens is 867 g/mol. The van der Waals surface area contributed by atoms with E-state index in [1.807, 2.05) is 0 Å². The molecule has 0 N–H and O–H groups in total. The van der Waals surface area contributed by atoms with Crippen molar-refractivity contribution in [2.45, 2.75) is 17.8 Å². The van der Waals surface area contributed by atoms with E-state index in [0.29, 0.717) is 5.92 Å². The fraction of sp³-hybridized carbons (Fsp3) is 0.0423. The van der Waals surface area contributed by atoms with Gasteiger partial charge in [-0.15, -0.1) is 0 Å². The molecule has 3 aliphatic rings. The topological polar surface area (TPSA) is 4.93 Å². The molecule has 1 nitrogen and oxygen atoms in total. The zero-order valence-corrected chi connectivity index (χ0v) is 39.5. The highest BCUT2D eigenvalue weighted by Crippen LogP contribution is 2.63. The fourth-order valence-corrected chi connectivity index (χ4v) is 13.7. The minimum Gasteiger partial charge on any atom is -0.309 e. The van der Waals surface area contributed by atoms with Gasteiger partial charge in [0, 0.05) is 22.4 Å². The zero-order valence-electron chi connectivity index (χ0n) is 39.5. The van der Waals surface area contributed by atoms with Gasteiger partial charge >= 0.3 is 0 Å². The van der Waals surface area contributed by atoms with Crippen LogP contribution >= 0.6 is 0 Å². The number of hydrogen-bond acceptors (Lipinski definition) is 0. The largest absolute Gasteiger partial charge is 0.309 e. The third-order valence-electron chi connectivity index (χ3n) is 16.8. The maximum atomic E-state index is 2.57. The third-order valence-corrected chi connectivity index (χ3v) is 16.8. The number of rotatable bonds is 4. The molecule has 0 amide bonds. The van der Waals surface area contributed by atoms with Crippen LogP contribution in [-0.4, -0.2) is 4.57 Å². The Morgan fingerprint density at radius 1 is 0.319 bits per heavy atom. The Morgan fingerprint density at radius 2 is 0.903 bits per heavy atom. The molecule has 334 valence electrons. The lowest BCUT2D eigenvalue weighted by atomic mass is 9.70. The second kappa shape index (κ2) is 15.0. The summed E-state index contributed by atoms with van der Waals surface area (Å²) in [6, 6.07) is 96.5. The van der Waals surface area contributed by atoms with Crippen molar-refractivity contribution < 1.29 is 0 Å². The monoisotopic (exact) mass is 911 g/mol. The second-order valence-electron chi connectivity index (χ2n) is 20.2. The first-order valence-electron chi connectivity index (χ1n) is 25.4. The Bertz CT molecular complexity index is 4370. The van der Waals surface area contributed by atoms with Crippen molar-refractivity contribution in [3.05, 3.63) is 294 Å². The highest BCUT2D eigenvalue weighted by atomic mass is 15.0. The molecule has 1 heteroatoms. The van der Waals surface area contributed by atoms with E-state index in [9.17, 15) is 0 Å². The first-order chi connectivity index (χ1) is 35.7. The van der Waals surface area contributed by atoms with E-state index in [2.05, 4.69) is 259 Å². The van der Waals surface area contributed by atoms with Gasteiger partial charge in [-0.1, -0.05) is 194 Å². The highest BCUT2D eigenvalue weighted by Gasteiger charge is 2.51. The maximum Gasteiger partial charge on any atom is 0.0725 e. The van der Waals surface area contributed by atoms with Crippen LogP contribution in [0, 0.1) is 0 Å². The van der Waals surface area contributed by atoms with E-state index in [1.165, 1.54) is 144 Å². The Labute approximate surface area is 418 Å². The van der Waals surface area contributed by atoms with Gasteiger partial charge in [-0.2, -0.15) is 0 Å². The zero-order chi connectivity index (χ0) is 47.1. The van der Waals surface area contributed by atoms with Crippen LogP contribution < -0.4 is 0 Å². The van der Waals surface area contributed by atoms with Crippen LogP contribution in [0.15, 0.2) is 255 Å². The quantitative estimate of drug-likeness (QED) is 0.155. The summed E-state index contributed by atoms with van der Waals surface area (Å²) in [5.41, 5.74) is 25.7. The normalized spacial score (nSPS) is 14.6. The highest BCUT2D eigenvalue weighted by molar-refractivity contribution is 6.18. The summed E-state index contributed by atoms with van der Waals surface area (Å²) >= 11 is 0. The van der Waals surface area contributed by atoms with Crippen molar-refractivity contribution in [2.75, 3.05) is 0 Å². The summed E-state index contributed by atoms with van der Waals surface area (Å²) in [6.45, 7) is 0. The van der Waals surface area contributed by atoms with E-state index >= 15 is 0 Å². The van der Waals surface area contributed by atoms with Crippen LogP contribution in [0.5, 0.6) is 0 Å². The van der Waals surface area contributed by atoms with Crippen LogP contribution in [0.3, 0.4) is 0 Å². The van der Waals surface area contributed by atoms with Crippen LogP contribution in [0.4, 0.5) is 0 Å². The van der Waals surface area contributed by atoms with Gasteiger partial charge in [0.05, 0.1) is 16.4 Å². The van der Waals surface area contributed by atoms with Gasteiger partial charge in [-0.25, -0.2) is 0 Å². The van der Waals surface area contributed by atoms with Crippen LogP contribution in [-0.2, 0) is 11.8 Å². The lowest BCUT2D eigenvalue weighted by Gasteiger charge is -2.30. The molecule has 16 rings (SSSR count). The number of fused-ring (bicyclic) bond motifs is 19. The van der Waals surface area contributed by atoms with E-state index in [4.69, 9.17) is 0 Å². The lowest BCUT2D eigenvalue weighted by molar-refractivity contribution is 0.794. The number of benzene rings is 12. The van der Waals surface area contributed by atoms with Gasteiger partial charge in [0.25, 0.3) is 0 Å². The average molecular weight is 912 g/mol. The van der Waals surface area contributed by atoms with E-state index in [1.54, 1.807) is 0 Å². The second-order valence-corrected chi connectivity index (χ2v) is 20.2. The standard InChI is InChI=1S/C71H45N/c1-3-17-44(18-4-1)58-39-47-32-31-45(37-59(47)52-22-8-7-21-51(52)58)46-33-35-53-60(48-34-36-70-64(40-48)57-26-12-16-30-69(57)72(70)50-19-5-2-6-20-50)41-49-42-68-63(43-61(49)62(53)38-46)56-25-11-15-29-67(56)71(68)65-27-13-9-23-54(65)55-24-10-14-28-66(55)71/h1-38,40-43,58H,39H2. The Morgan fingerprint density at radius 3 is 1.67 bits per heavy atom. The van der Waals surface area contributed by atoms with Crippen molar-refractivity contribution in [3.63, 3.8) is 0 Å². The number of para-hydroxylation sites is 2. The minimum absolute atomic E-state index is 0.331. The van der Waals surface area contributed by atoms with Gasteiger partial charge in [0.1, 0.15) is 0 Å². The van der Waals surface area contributed by atoms with Gasteiger partial charge in [-0.3, -0.25) is 0 Å². The summed E-state index contributed by atoms with van der Waals surface area (Å²) in [6.07, 6.45) is 0.986. The first-order valence-corrected chi connectivity index (χ1v) is 25.4. The molecular formula is C71H45N. The molecule has 0 saturated heterocycles. The molecule has 13 aromatic rings.